The number of likely N-dealkylation sites (tertiary alicyclic amines) is 1. The molecule has 176 valence electrons. The van der Waals surface area contributed by atoms with Gasteiger partial charge in [0.1, 0.15) is 12.0 Å². The monoisotopic (exact) mass is 471 g/mol. The Hall–Kier alpha value is -1.76. The molecule has 0 radical (unpaired) electrons. The Balaban J connectivity index is 1.14. The molecule has 0 unspecified atom stereocenters. The summed E-state index contributed by atoms with van der Waals surface area (Å²) in [5, 5.41) is 5.89. The van der Waals surface area contributed by atoms with Crippen LogP contribution in [0.3, 0.4) is 0 Å². The molecular formula is C26H31ClFN3O2. The number of fused-ring (bicyclic) bond motifs is 1. The van der Waals surface area contributed by atoms with Crippen molar-refractivity contribution in [3.63, 3.8) is 0 Å². The molecule has 2 saturated carbocycles. The number of benzene rings is 1. The van der Waals surface area contributed by atoms with Crippen molar-refractivity contribution < 1.29 is 13.9 Å². The summed E-state index contributed by atoms with van der Waals surface area (Å²) in [5.41, 5.74) is 1.33. The first kappa shape index (κ1) is 21.8. The molecule has 3 heterocycles. The molecule has 2 aliphatic heterocycles. The molecule has 2 aliphatic carbocycles. The van der Waals surface area contributed by atoms with Gasteiger partial charge in [-0.2, -0.15) is 0 Å². The highest BCUT2D eigenvalue weighted by Crippen LogP contribution is 2.59. The fraction of sp³-hybridized carbons (Fsp3) is 0.615. The number of carbonyl (C=O) groups is 1. The first-order valence-corrected chi connectivity index (χ1v) is 12.7. The molecule has 4 aliphatic rings. The van der Waals surface area contributed by atoms with Crippen LogP contribution in [-0.4, -0.2) is 54.3 Å². The first-order valence-electron chi connectivity index (χ1n) is 12.4. The van der Waals surface area contributed by atoms with Crippen LogP contribution in [0.2, 0.25) is 5.02 Å². The van der Waals surface area contributed by atoms with Gasteiger partial charge < -0.3 is 10.1 Å². The van der Waals surface area contributed by atoms with E-state index in [0.717, 1.165) is 74.0 Å². The molecule has 0 bridgehead atoms. The van der Waals surface area contributed by atoms with Crippen LogP contribution in [0.1, 0.15) is 56.4 Å². The number of carbonyl (C=O) groups excluding carboxylic acids is 1. The Morgan fingerprint density at radius 2 is 1.88 bits per heavy atom. The van der Waals surface area contributed by atoms with E-state index in [1.165, 1.54) is 5.56 Å². The van der Waals surface area contributed by atoms with Gasteiger partial charge in [0.2, 0.25) is 5.91 Å². The highest BCUT2D eigenvalue weighted by molar-refractivity contribution is 6.32. The zero-order chi connectivity index (χ0) is 22.6. The Labute approximate surface area is 199 Å². The summed E-state index contributed by atoms with van der Waals surface area (Å²) in [5.74, 6) is 1.19. The lowest BCUT2D eigenvalue weighted by Crippen LogP contribution is -2.54. The molecule has 7 heteroatoms. The van der Waals surface area contributed by atoms with Gasteiger partial charge in [0.25, 0.3) is 0 Å². The molecule has 1 aromatic heterocycles. The fourth-order valence-electron chi connectivity index (χ4n) is 6.33. The zero-order valence-electron chi connectivity index (χ0n) is 18.9. The maximum atomic E-state index is 13.2. The number of hydrogen-bond acceptors (Lipinski definition) is 4. The summed E-state index contributed by atoms with van der Waals surface area (Å²) in [7, 11) is 0. The van der Waals surface area contributed by atoms with Crippen molar-refractivity contribution in [1.29, 1.82) is 0 Å². The maximum Gasteiger partial charge on any atom is 0.229 e. The summed E-state index contributed by atoms with van der Waals surface area (Å²) in [6.45, 7) is 2.72. The average Bonchev–Trinajstić information content (AvgIpc) is 3.50. The molecule has 1 aromatic carbocycles. The quantitative estimate of drug-likeness (QED) is 0.655. The minimum absolute atomic E-state index is 0.0777. The van der Waals surface area contributed by atoms with E-state index in [1.54, 1.807) is 6.20 Å². The summed E-state index contributed by atoms with van der Waals surface area (Å²) in [6.07, 6.45) is 8.42. The maximum absolute atomic E-state index is 13.2. The van der Waals surface area contributed by atoms with Crippen LogP contribution in [0.5, 0.6) is 0 Å². The lowest BCUT2D eigenvalue weighted by molar-refractivity contribution is -0.118. The SMILES string of the molecule is O=C(Nc1cc2cc([C@H]3CC[C@@H](N4CC(F)C4)CC3)c(Cl)cc2cn1)[C@@H]1CC12CCOCC2. The number of pyridine rings is 1. The van der Waals surface area contributed by atoms with Gasteiger partial charge >= 0.3 is 0 Å². The smallest absolute Gasteiger partial charge is 0.229 e. The van der Waals surface area contributed by atoms with Crippen molar-refractivity contribution in [3.8, 4) is 0 Å². The Kier molecular flexibility index (Phi) is 5.58. The van der Waals surface area contributed by atoms with Crippen LogP contribution in [0.4, 0.5) is 10.2 Å². The normalized spacial score (nSPS) is 29.7. The van der Waals surface area contributed by atoms with E-state index < -0.39 is 6.17 Å². The predicted molar refractivity (Wildman–Crippen MR) is 127 cm³/mol. The number of amides is 1. The standard InChI is InChI=1S/C26H31ClFN3O2/c27-23-10-18-13-29-24(30-25(32)22-12-26(22)5-7-33-8-6-26)11-17(18)9-21(23)16-1-3-20(4-2-16)31-14-19(28)15-31/h9-11,13,16,19-20,22H,1-8,12,14-15H2,(H,29,30,32)/t16-,20+,22-/m0/s1. The van der Waals surface area contributed by atoms with Crippen LogP contribution in [-0.2, 0) is 9.53 Å². The molecule has 33 heavy (non-hydrogen) atoms. The third kappa shape index (κ3) is 4.15. The van der Waals surface area contributed by atoms with Crippen LogP contribution < -0.4 is 5.32 Å². The van der Waals surface area contributed by atoms with Gasteiger partial charge in [0.05, 0.1) is 0 Å². The van der Waals surface area contributed by atoms with E-state index in [-0.39, 0.29) is 17.2 Å². The molecule has 5 nitrogen and oxygen atoms in total. The number of hydrogen-bond donors (Lipinski definition) is 1. The van der Waals surface area contributed by atoms with Crippen molar-refractivity contribution in [2.45, 2.75) is 63.1 Å². The lowest BCUT2D eigenvalue weighted by atomic mass is 9.80. The van der Waals surface area contributed by atoms with Crippen molar-refractivity contribution in [2.75, 3.05) is 31.6 Å². The zero-order valence-corrected chi connectivity index (χ0v) is 19.6. The highest BCUT2D eigenvalue weighted by Gasteiger charge is 2.58. The minimum atomic E-state index is -0.636. The van der Waals surface area contributed by atoms with Gasteiger partial charge in [0, 0.05) is 54.9 Å². The van der Waals surface area contributed by atoms with E-state index in [2.05, 4.69) is 21.3 Å². The van der Waals surface area contributed by atoms with E-state index in [4.69, 9.17) is 16.3 Å². The third-order valence-electron chi connectivity index (χ3n) is 8.60. The van der Waals surface area contributed by atoms with Crippen LogP contribution in [0.25, 0.3) is 10.8 Å². The van der Waals surface area contributed by atoms with Crippen molar-refractivity contribution in [1.82, 2.24) is 9.88 Å². The number of nitrogens with one attached hydrogen (secondary N) is 1. The van der Waals surface area contributed by atoms with E-state index >= 15 is 0 Å². The molecule has 4 fully saturated rings. The van der Waals surface area contributed by atoms with Crippen molar-refractivity contribution >= 4 is 34.1 Å². The number of ether oxygens (including phenoxy) is 1. The van der Waals surface area contributed by atoms with Crippen LogP contribution in [0, 0.1) is 11.3 Å². The fourth-order valence-corrected chi connectivity index (χ4v) is 6.66. The minimum Gasteiger partial charge on any atom is -0.381 e. The Morgan fingerprint density at radius 1 is 1.12 bits per heavy atom. The van der Waals surface area contributed by atoms with Gasteiger partial charge in [-0.3, -0.25) is 9.69 Å². The topological polar surface area (TPSA) is 54.5 Å². The van der Waals surface area contributed by atoms with Gasteiger partial charge in [0.15, 0.2) is 0 Å². The third-order valence-corrected chi connectivity index (χ3v) is 8.93. The average molecular weight is 472 g/mol. The second-order valence-electron chi connectivity index (χ2n) is 10.6. The van der Waals surface area contributed by atoms with Crippen molar-refractivity contribution in [3.05, 3.63) is 35.0 Å². The van der Waals surface area contributed by atoms with Crippen LogP contribution in [0.15, 0.2) is 24.4 Å². The predicted octanol–water partition coefficient (Wildman–Crippen LogP) is 5.32. The number of anilines is 1. The number of nitrogens with zero attached hydrogens (tertiary/aromatic N) is 2. The summed E-state index contributed by atoms with van der Waals surface area (Å²) >= 11 is 6.68. The number of alkyl halides is 1. The van der Waals surface area contributed by atoms with E-state index in [1.807, 2.05) is 12.1 Å². The number of aromatic nitrogens is 1. The molecule has 2 aromatic rings. The van der Waals surface area contributed by atoms with Gasteiger partial charge in [-0.25, -0.2) is 9.37 Å². The summed E-state index contributed by atoms with van der Waals surface area (Å²) in [6, 6.07) is 6.66. The molecule has 6 rings (SSSR count). The molecule has 1 amide bonds. The second kappa shape index (κ2) is 8.47. The lowest BCUT2D eigenvalue weighted by Gasteiger charge is -2.43. The van der Waals surface area contributed by atoms with E-state index in [9.17, 15) is 9.18 Å². The molecule has 1 atom stereocenters. The number of halogens is 2. The van der Waals surface area contributed by atoms with Crippen molar-refractivity contribution in [2.24, 2.45) is 11.3 Å². The van der Waals surface area contributed by atoms with E-state index in [0.29, 0.717) is 30.9 Å². The Bertz CT molecular complexity index is 1060. The number of rotatable bonds is 4. The summed E-state index contributed by atoms with van der Waals surface area (Å²) in [4.78, 5) is 19.6. The second-order valence-corrected chi connectivity index (χ2v) is 11.0. The highest BCUT2D eigenvalue weighted by atomic mass is 35.5. The first-order chi connectivity index (χ1) is 16.0. The van der Waals surface area contributed by atoms with Gasteiger partial charge in [-0.15, -0.1) is 0 Å². The van der Waals surface area contributed by atoms with Gasteiger partial charge in [-0.05, 0) is 85.4 Å². The molecule has 1 spiro atoms. The van der Waals surface area contributed by atoms with Crippen LogP contribution >= 0.6 is 11.6 Å². The Morgan fingerprint density at radius 3 is 2.61 bits per heavy atom. The molecule has 1 N–H and O–H groups in total. The largest absolute Gasteiger partial charge is 0.381 e. The molecular weight excluding hydrogens is 441 g/mol. The summed E-state index contributed by atoms with van der Waals surface area (Å²) < 4.78 is 18.7. The van der Waals surface area contributed by atoms with Gasteiger partial charge in [-0.1, -0.05) is 11.6 Å². The molecule has 2 saturated heterocycles.